The topological polar surface area (TPSA) is 54.9 Å². The molecule has 4 aliphatic rings. The van der Waals surface area contributed by atoms with Crippen molar-refractivity contribution < 1.29 is 9.47 Å². The zero-order valence-electron chi connectivity index (χ0n) is 16.2. The smallest absolute Gasteiger partial charge is 0.191 e. The van der Waals surface area contributed by atoms with Crippen LogP contribution in [0.4, 0.5) is 0 Å². The monoisotopic (exact) mass is 369 g/mol. The Hall–Kier alpha value is -1.75. The van der Waals surface area contributed by atoms with Gasteiger partial charge in [0.2, 0.25) is 0 Å². The van der Waals surface area contributed by atoms with E-state index in [-0.39, 0.29) is 0 Å². The SMILES string of the molecule is CN=C(NCc1ccccc1OCC1CC1)NC1C2CCOC2C12CCC2. The minimum Gasteiger partial charge on any atom is -0.493 e. The normalized spacial score (nSPS) is 31.0. The van der Waals surface area contributed by atoms with Gasteiger partial charge in [0.05, 0.1) is 12.7 Å². The van der Waals surface area contributed by atoms with Gasteiger partial charge in [0.25, 0.3) is 0 Å². The van der Waals surface area contributed by atoms with E-state index < -0.39 is 0 Å². The van der Waals surface area contributed by atoms with Gasteiger partial charge < -0.3 is 20.1 Å². The summed E-state index contributed by atoms with van der Waals surface area (Å²) in [5.74, 6) is 3.31. The van der Waals surface area contributed by atoms with Gasteiger partial charge in [0.1, 0.15) is 5.75 Å². The van der Waals surface area contributed by atoms with Crippen LogP contribution in [0.2, 0.25) is 0 Å². The Kier molecular flexibility index (Phi) is 4.50. The molecule has 3 saturated carbocycles. The van der Waals surface area contributed by atoms with E-state index in [2.05, 4.69) is 33.8 Å². The summed E-state index contributed by atoms with van der Waals surface area (Å²) in [4.78, 5) is 4.49. The molecule has 1 spiro atoms. The summed E-state index contributed by atoms with van der Waals surface area (Å²) >= 11 is 0. The fraction of sp³-hybridized carbons (Fsp3) is 0.682. The van der Waals surface area contributed by atoms with Crippen molar-refractivity contribution in [3.05, 3.63) is 29.8 Å². The third kappa shape index (κ3) is 3.10. The molecule has 0 radical (unpaired) electrons. The van der Waals surface area contributed by atoms with Gasteiger partial charge in [-0.25, -0.2) is 0 Å². The van der Waals surface area contributed by atoms with E-state index in [0.717, 1.165) is 37.4 Å². The average molecular weight is 370 g/mol. The van der Waals surface area contributed by atoms with E-state index in [1.165, 1.54) is 44.1 Å². The maximum Gasteiger partial charge on any atom is 0.191 e. The van der Waals surface area contributed by atoms with E-state index in [1.807, 2.05) is 13.1 Å². The standard InChI is InChI=1S/C22H31N3O2/c1-23-21(25-19-17-9-12-26-20(17)22(19)10-4-11-22)24-13-16-5-2-3-6-18(16)27-14-15-7-8-15/h2-3,5-6,15,17,19-20H,4,7-14H2,1H3,(H2,23,24,25). The fourth-order valence-corrected chi connectivity index (χ4v) is 5.26. The van der Waals surface area contributed by atoms with Gasteiger partial charge >= 0.3 is 0 Å². The largest absolute Gasteiger partial charge is 0.493 e. The lowest BCUT2D eigenvalue weighted by atomic mass is 9.46. The van der Waals surface area contributed by atoms with Crippen molar-refractivity contribution in [2.75, 3.05) is 20.3 Å². The van der Waals surface area contributed by atoms with Crippen molar-refractivity contribution in [1.82, 2.24) is 10.6 Å². The number of benzene rings is 1. The van der Waals surface area contributed by atoms with Crippen LogP contribution in [0.3, 0.4) is 0 Å². The van der Waals surface area contributed by atoms with Crippen LogP contribution in [0.25, 0.3) is 0 Å². The summed E-state index contributed by atoms with van der Waals surface area (Å²) in [6.07, 6.45) is 8.21. The highest BCUT2D eigenvalue weighted by Gasteiger charge is 2.66. The van der Waals surface area contributed by atoms with Crippen LogP contribution in [0, 0.1) is 17.3 Å². The molecule has 5 rings (SSSR count). The molecule has 0 aromatic heterocycles. The molecule has 1 aromatic rings. The molecule has 1 aliphatic heterocycles. The van der Waals surface area contributed by atoms with Crippen molar-refractivity contribution >= 4 is 5.96 Å². The molecule has 1 heterocycles. The number of hydrogen-bond donors (Lipinski definition) is 2. The Morgan fingerprint density at radius 1 is 1.26 bits per heavy atom. The molecule has 1 saturated heterocycles. The Morgan fingerprint density at radius 2 is 2.11 bits per heavy atom. The number of nitrogens with zero attached hydrogens (tertiary/aromatic N) is 1. The molecule has 3 atom stereocenters. The number of ether oxygens (including phenoxy) is 2. The average Bonchev–Trinajstić information content (AvgIpc) is 3.39. The minimum atomic E-state index is 0.365. The molecule has 5 heteroatoms. The van der Waals surface area contributed by atoms with Gasteiger partial charge in [0, 0.05) is 43.1 Å². The quantitative estimate of drug-likeness (QED) is 0.598. The molecule has 3 unspecified atom stereocenters. The van der Waals surface area contributed by atoms with Gasteiger partial charge in [-0.05, 0) is 44.1 Å². The number of aliphatic imine (C=N–C) groups is 1. The zero-order chi connectivity index (χ0) is 18.3. The summed E-state index contributed by atoms with van der Waals surface area (Å²) in [5.41, 5.74) is 1.56. The van der Waals surface area contributed by atoms with Crippen molar-refractivity contribution in [1.29, 1.82) is 0 Å². The molecule has 2 N–H and O–H groups in total. The summed E-state index contributed by atoms with van der Waals surface area (Å²) in [7, 11) is 1.86. The van der Waals surface area contributed by atoms with E-state index >= 15 is 0 Å². The summed E-state index contributed by atoms with van der Waals surface area (Å²) in [6.45, 7) is 2.50. The molecule has 146 valence electrons. The second kappa shape index (κ2) is 7.01. The van der Waals surface area contributed by atoms with Crippen LogP contribution in [0.5, 0.6) is 5.75 Å². The van der Waals surface area contributed by atoms with Crippen LogP contribution in [0.15, 0.2) is 29.3 Å². The number of hydrogen-bond acceptors (Lipinski definition) is 3. The zero-order valence-corrected chi connectivity index (χ0v) is 16.2. The van der Waals surface area contributed by atoms with Crippen LogP contribution in [-0.4, -0.2) is 38.4 Å². The summed E-state index contributed by atoms with van der Waals surface area (Å²) < 4.78 is 12.1. The first-order valence-electron chi connectivity index (χ1n) is 10.6. The Bertz CT molecular complexity index is 711. The van der Waals surface area contributed by atoms with Gasteiger partial charge in [-0.15, -0.1) is 0 Å². The van der Waals surface area contributed by atoms with Crippen LogP contribution >= 0.6 is 0 Å². The molecular formula is C22H31N3O2. The van der Waals surface area contributed by atoms with E-state index in [9.17, 15) is 0 Å². The summed E-state index contributed by atoms with van der Waals surface area (Å²) in [6, 6.07) is 8.85. The number of fused-ring (bicyclic) bond motifs is 2. The Labute approximate surface area is 161 Å². The first-order chi connectivity index (χ1) is 13.3. The van der Waals surface area contributed by atoms with E-state index in [0.29, 0.717) is 23.5 Å². The lowest BCUT2D eigenvalue weighted by Gasteiger charge is -2.63. The third-order valence-electron chi connectivity index (χ3n) is 7.14. The van der Waals surface area contributed by atoms with Gasteiger partial charge in [-0.1, -0.05) is 24.6 Å². The first-order valence-corrected chi connectivity index (χ1v) is 10.6. The number of rotatable bonds is 6. The molecular weight excluding hydrogens is 338 g/mol. The lowest BCUT2D eigenvalue weighted by molar-refractivity contribution is -0.171. The van der Waals surface area contributed by atoms with Crippen molar-refractivity contribution in [3.8, 4) is 5.75 Å². The van der Waals surface area contributed by atoms with Gasteiger partial charge in [-0.3, -0.25) is 4.99 Å². The Balaban J connectivity index is 1.20. The first kappa shape index (κ1) is 17.4. The molecule has 1 aromatic carbocycles. The second-order valence-electron chi connectivity index (χ2n) is 8.74. The molecule has 0 bridgehead atoms. The van der Waals surface area contributed by atoms with E-state index in [4.69, 9.17) is 9.47 Å². The van der Waals surface area contributed by atoms with Crippen molar-refractivity contribution in [2.45, 2.75) is 57.2 Å². The molecule has 0 amide bonds. The maximum absolute atomic E-state index is 6.04. The maximum atomic E-state index is 6.04. The van der Waals surface area contributed by atoms with Gasteiger partial charge in [0.15, 0.2) is 5.96 Å². The third-order valence-corrected chi connectivity index (χ3v) is 7.14. The molecule has 27 heavy (non-hydrogen) atoms. The summed E-state index contributed by atoms with van der Waals surface area (Å²) in [5, 5.41) is 7.25. The van der Waals surface area contributed by atoms with Gasteiger partial charge in [-0.2, -0.15) is 0 Å². The highest BCUT2D eigenvalue weighted by Crippen LogP contribution is 2.62. The van der Waals surface area contributed by atoms with Crippen LogP contribution < -0.4 is 15.4 Å². The highest BCUT2D eigenvalue weighted by atomic mass is 16.5. The second-order valence-corrected chi connectivity index (χ2v) is 8.74. The van der Waals surface area contributed by atoms with Crippen LogP contribution in [-0.2, 0) is 11.3 Å². The minimum absolute atomic E-state index is 0.365. The predicted octanol–water partition coefficient (Wildman–Crippen LogP) is 3.10. The van der Waals surface area contributed by atoms with Crippen molar-refractivity contribution in [2.24, 2.45) is 22.2 Å². The molecule has 3 aliphatic carbocycles. The fourth-order valence-electron chi connectivity index (χ4n) is 5.26. The number of nitrogens with one attached hydrogen (secondary N) is 2. The number of para-hydroxylation sites is 1. The predicted molar refractivity (Wildman–Crippen MR) is 106 cm³/mol. The number of guanidine groups is 1. The van der Waals surface area contributed by atoms with Crippen LogP contribution in [0.1, 0.15) is 44.1 Å². The lowest BCUT2D eigenvalue weighted by Crippen LogP contribution is -2.72. The molecule has 5 nitrogen and oxygen atoms in total. The highest BCUT2D eigenvalue weighted by molar-refractivity contribution is 5.80. The van der Waals surface area contributed by atoms with E-state index in [1.54, 1.807) is 0 Å². The molecule has 4 fully saturated rings. The van der Waals surface area contributed by atoms with Crippen molar-refractivity contribution in [3.63, 3.8) is 0 Å². The Morgan fingerprint density at radius 3 is 2.85 bits per heavy atom.